The lowest BCUT2D eigenvalue weighted by Gasteiger charge is -2.08. The highest BCUT2D eigenvalue weighted by atomic mass is 32.1. The van der Waals surface area contributed by atoms with Gasteiger partial charge in [0.15, 0.2) is 5.78 Å². The number of ketones is 1. The van der Waals surface area contributed by atoms with E-state index in [4.69, 9.17) is 10.5 Å². The Bertz CT molecular complexity index is 459. The maximum absolute atomic E-state index is 13.3. The molecule has 0 radical (unpaired) electrons. The minimum atomic E-state index is -0.383. The van der Waals surface area contributed by atoms with Crippen LogP contribution in [0.1, 0.15) is 22.3 Å². The molecule has 1 aromatic rings. The fourth-order valence-corrected chi connectivity index (χ4v) is 1.80. The number of benzene rings is 1. The molecule has 15 heavy (non-hydrogen) atoms. The first-order valence-electron chi connectivity index (χ1n) is 4.41. The lowest BCUT2D eigenvalue weighted by molar-refractivity contribution is 0.0993. The van der Waals surface area contributed by atoms with E-state index in [0.29, 0.717) is 18.4 Å². The van der Waals surface area contributed by atoms with Crippen molar-refractivity contribution in [3.8, 4) is 5.75 Å². The van der Waals surface area contributed by atoms with Crippen molar-refractivity contribution in [1.29, 1.82) is 0 Å². The van der Waals surface area contributed by atoms with Crippen molar-refractivity contribution in [2.75, 3.05) is 0 Å². The molecule has 3 nitrogen and oxygen atoms in total. The number of ether oxygens (including phenoxy) is 1. The number of halogens is 1. The third-order valence-corrected chi connectivity index (χ3v) is 2.39. The number of carbonyl (C=O) groups excluding carboxylic acids is 1. The molecule has 0 aliphatic heterocycles. The lowest BCUT2D eigenvalue weighted by atomic mass is 10.1. The molecule has 1 aromatic carbocycles. The first-order valence-corrected chi connectivity index (χ1v) is 4.82. The number of Topliss-reactive ketones (excluding diaryl/α,β-unsaturated/α-hetero) is 1. The molecular weight excluding hydrogens is 217 g/mol. The van der Waals surface area contributed by atoms with E-state index in [1.807, 2.05) is 0 Å². The molecule has 78 valence electrons. The Morgan fingerprint density at radius 3 is 2.87 bits per heavy atom. The van der Waals surface area contributed by atoms with Crippen molar-refractivity contribution in [2.45, 2.75) is 12.8 Å². The van der Waals surface area contributed by atoms with Crippen molar-refractivity contribution in [3.63, 3.8) is 0 Å². The number of hydrogen-bond donors (Lipinski definition) is 1. The highest BCUT2D eigenvalue weighted by molar-refractivity contribution is 7.80. The summed E-state index contributed by atoms with van der Waals surface area (Å²) >= 11 is 4.57. The van der Waals surface area contributed by atoms with Crippen molar-refractivity contribution >= 4 is 23.2 Å². The second-order valence-electron chi connectivity index (χ2n) is 3.24. The summed E-state index contributed by atoms with van der Waals surface area (Å²) < 4.78 is 18.3. The summed E-state index contributed by atoms with van der Waals surface area (Å²) in [5.41, 5.74) is 5.88. The van der Waals surface area contributed by atoms with Gasteiger partial charge in [0.25, 0.3) is 5.17 Å². The van der Waals surface area contributed by atoms with Crippen LogP contribution in [-0.4, -0.2) is 11.0 Å². The Labute approximate surface area is 91.0 Å². The molecule has 0 amide bonds. The maximum atomic E-state index is 13.3. The number of thiocarbonyl (C=S) groups is 1. The van der Waals surface area contributed by atoms with Crippen molar-refractivity contribution in [2.24, 2.45) is 5.73 Å². The molecule has 0 spiro atoms. The number of nitrogens with two attached hydrogens (primary N) is 1. The monoisotopic (exact) mass is 225 g/mol. The van der Waals surface area contributed by atoms with Gasteiger partial charge < -0.3 is 10.5 Å². The zero-order valence-corrected chi connectivity index (χ0v) is 8.57. The fourth-order valence-electron chi connectivity index (χ4n) is 1.71. The molecule has 1 aliphatic carbocycles. The van der Waals surface area contributed by atoms with E-state index in [1.54, 1.807) is 0 Å². The first kappa shape index (κ1) is 10.0. The van der Waals surface area contributed by atoms with E-state index < -0.39 is 0 Å². The lowest BCUT2D eigenvalue weighted by Crippen LogP contribution is -2.17. The quantitative estimate of drug-likeness (QED) is 0.737. The van der Waals surface area contributed by atoms with Crippen LogP contribution in [0.15, 0.2) is 12.1 Å². The summed E-state index contributed by atoms with van der Waals surface area (Å²) in [5.74, 6) is -0.261. The topological polar surface area (TPSA) is 52.3 Å². The summed E-state index contributed by atoms with van der Waals surface area (Å²) in [7, 11) is 0. The van der Waals surface area contributed by atoms with E-state index in [-0.39, 0.29) is 28.1 Å². The van der Waals surface area contributed by atoms with Crippen LogP contribution >= 0.6 is 12.2 Å². The predicted molar refractivity (Wildman–Crippen MR) is 56.5 cm³/mol. The zero-order chi connectivity index (χ0) is 11.0. The number of rotatable bonds is 1. The van der Waals surface area contributed by atoms with Crippen LogP contribution < -0.4 is 10.5 Å². The summed E-state index contributed by atoms with van der Waals surface area (Å²) in [6, 6.07) is 2.63. The molecule has 0 unspecified atom stereocenters. The van der Waals surface area contributed by atoms with Gasteiger partial charge in [0.2, 0.25) is 0 Å². The van der Waals surface area contributed by atoms with Crippen LogP contribution in [0.2, 0.25) is 0 Å². The molecule has 0 saturated heterocycles. The highest BCUT2D eigenvalue weighted by Crippen LogP contribution is 2.32. The summed E-state index contributed by atoms with van der Waals surface area (Å²) in [6.45, 7) is 0. The van der Waals surface area contributed by atoms with Gasteiger partial charge >= 0.3 is 0 Å². The highest BCUT2D eigenvalue weighted by Gasteiger charge is 2.27. The van der Waals surface area contributed by atoms with E-state index in [2.05, 4.69) is 12.2 Å². The van der Waals surface area contributed by atoms with Gasteiger partial charge in [0.1, 0.15) is 11.6 Å². The third-order valence-electron chi connectivity index (χ3n) is 2.31. The van der Waals surface area contributed by atoms with E-state index >= 15 is 0 Å². The minimum absolute atomic E-state index is 0.129. The number of fused-ring (bicyclic) bond motifs is 1. The predicted octanol–water partition coefficient (Wildman–Crippen LogP) is 1.58. The van der Waals surface area contributed by atoms with Gasteiger partial charge in [-0.2, -0.15) is 0 Å². The maximum Gasteiger partial charge on any atom is 0.259 e. The third kappa shape index (κ3) is 1.70. The van der Waals surface area contributed by atoms with Gasteiger partial charge in [0, 0.05) is 12.0 Å². The second kappa shape index (κ2) is 3.58. The van der Waals surface area contributed by atoms with Crippen molar-refractivity contribution < 1.29 is 13.9 Å². The summed E-state index contributed by atoms with van der Waals surface area (Å²) in [4.78, 5) is 11.5. The Hall–Kier alpha value is -1.49. The minimum Gasteiger partial charge on any atom is -0.431 e. The first-order chi connectivity index (χ1) is 7.09. The van der Waals surface area contributed by atoms with Crippen LogP contribution in [0.5, 0.6) is 5.75 Å². The molecule has 0 fully saturated rings. The van der Waals surface area contributed by atoms with Crippen LogP contribution in [0.4, 0.5) is 4.39 Å². The second-order valence-corrected chi connectivity index (χ2v) is 3.65. The largest absolute Gasteiger partial charge is 0.431 e. The molecule has 0 bridgehead atoms. The Morgan fingerprint density at radius 2 is 2.20 bits per heavy atom. The molecular formula is C10H8FNO2S. The van der Waals surface area contributed by atoms with Gasteiger partial charge in [0.05, 0.1) is 5.56 Å². The normalized spacial score (nSPS) is 13.8. The van der Waals surface area contributed by atoms with Crippen molar-refractivity contribution in [1.82, 2.24) is 0 Å². The van der Waals surface area contributed by atoms with Crippen LogP contribution in [0, 0.1) is 5.82 Å². The molecule has 0 aromatic heterocycles. The van der Waals surface area contributed by atoms with Gasteiger partial charge in [-0.25, -0.2) is 4.39 Å². The standard InChI is InChI=1S/C10H8FNO2S/c11-6-2-4-8(14-10(12)15)9-5(6)1-3-7(9)13/h2,4H,1,3H2,(H2,12,15). The van der Waals surface area contributed by atoms with E-state index in [9.17, 15) is 9.18 Å². The SMILES string of the molecule is NC(=S)Oc1ccc(F)c2c1C(=O)CC2. The number of carbonyl (C=O) groups is 1. The van der Waals surface area contributed by atoms with Gasteiger partial charge in [-0.15, -0.1) is 0 Å². The number of hydrogen-bond acceptors (Lipinski definition) is 3. The molecule has 5 heteroatoms. The van der Waals surface area contributed by atoms with Crippen molar-refractivity contribution in [3.05, 3.63) is 29.1 Å². The Morgan fingerprint density at radius 1 is 1.47 bits per heavy atom. The van der Waals surface area contributed by atoms with Gasteiger partial charge in [-0.1, -0.05) is 0 Å². The van der Waals surface area contributed by atoms with E-state index in [1.165, 1.54) is 12.1 Å². The molecule has 0 heterocycles. The average Bonchev–Trinajstić information content (AvgIpc) is 2.54. The zero-order valence-electron chi connectivity index (χ0n) is 7.75. The Kier molecular flexibility index (Phi) is 2.40. The molecule has 2 N–H and O–H groups in total. The Balaban J connectivity index is 2.54. The molecule has 0 atom stereocenters. The van der Waals surface area contributed by atoms with Crippen LogP contribution in [0.3, 0.4) is 0 Å². The van der Waals surface area contributed by atoms with Crippen LogP contribution in [-0.2, 0) is 6.42 Å². The molecule has 2 rings (SSSR count). The van der Waals surface area contributed by atoms with E-state index in [0.717, 1.165) is 0 Å². The molecule has 0 saturated carbocycles. The summed E-state index contributed by atoms with van der Waals surface area (Å²) in [6.07, 6.45) is 0.721. The average molecular weight is 225 g/mol. The fraction of sp³-hybridized carbons (Fsp3) is 0.200. The smallest absolute Gasteiger partial charge is 0.259 e. The van der Waals surface area contributed by atoms with Gasteiger partial charge in [-0.3, -0.25) is 4.79 Å². The van der Waals surface area contributed by atoms with Gasteiger partial charge in [-0.05, 0) is 30.8 Å². The summed E-state index contributed by atoms with van der Waals surface area (Å²) in [5, 5.41) is -0.177. The van der Waals surface area contributed by atoms with Crippen LogP contribution in [0.25, 0.3) is 0 Å². The molecule has 1 aliphatic rings.